The predicted octanol–water partition coefficient (Wildman–Crippen LogP) is 3.12. The number of aromatic nitrogens is 1. The summed E-state index contributed by atoms with van der Waals surface area (Å²) in [5.41, 5.74) is 1.31. The molecular weight excluding hydrogens is 292 g/mol. The van der Waals surface area contributed by atoms with E-state index in [1.165, 1.54) is 6.08 Å². The third-order valence-electron chi connectivity index (χ3n) is 2.84. The molecule has 106 valence electrons. The van der Waals surface area contributed by atoms with Crippen LogP contribution in [0.1, 0.15) is 5.56 Å². The molecule has 1 aliphatic rings. The number of hydrogen-bond donors (Lipinski definition) is 1. The minimum absolute atomic E-state index is 0.225. The third kappa shape index (κ3) is 3.14. The maximum Gasteiger partial charge on any atom is 0.248 e. The van der Waals surface area contributed by atoms with Crippen LogP contribution in [-0.2, 0) is 4.79 Å². The van der Waals surface area contributed by atoms with Crippen LogP contribution < -0.4 is 14.8 Å². The van der Waals surface area contributed by atoms with E-state index in [4.69, 9.17) is 21.1 Å². The molecule has 0 aliphatic carbocycles. The van der Waals surface area contributed by atoms with Crippen LogP contribution in [0.15, 0.2) is 42.6 Å². The normalized spacial score (nSPS) is 12.6. The number of carbonyl (C=O) groups is 1. The minimum atomic E-state index is -0.289. The standard InChI is InChI=1S/C15H11ClN2O3/c16-15-11(2-1-7-17-15)18-14(19)6-4-10-3-5-12-13(8-10)21-9-20-12/h1-8H,9H2,(H,18,19)/b6-4+. The topological polar surface area (TPSA) is 60.5 Å². The van der Waals surface area contributed by atoms with Gasteiger partial charge in [-0.25, -0.2) is 4.98 Å². The second-order valence-corrected chi connectivity index (χ2v) is 4.64. The Labute approximate surface area is 126 Å². The molecule has 6 heteroatoms. The van der Waals surface area contributed by atoms with Crippen LogP contribution in [0.4, 0.5) is 5.69 Å². The second kappa shape index (κ2) is 5.85. The highest BCUT2D eigenvalue weighted by atomic mass is 35.5. The van der Waals surface area contributed by atoms with Gasteiger partial charge in [0, 0.05) is 12.3 Å². The Hall–Kier alpha value is -2.53. The van der Waals surface area contributed by atoms with Gasteiger partial charge in [0.05, 0.1) is 5.69 Å². The van der Waals surface area contributed by atoms with E-state index in [9.17, 15) is 4.79 Å². The van der Waals surface area contributed by atoms with Crippen molar-refractivity contribution >= 4 is 29.3 Å². The molecular formula is C15H11ClN2O3. The molecule has 0 bridgehead atoms. The number of halogens is 1. The molecule has 1 N–H and O–H groups in total. The van der Waals surface area contributed by atoms with Crippen molar-refractivity contribution < 1.29 is 14.3 Å². The third-order valence-corrected chi connectivity index (χ3v) is 3.14. The van der Waals surface area contributed by atoms with Gasteiger partial charge in [-0.15, -0.1) is 0 Å². The van der Waals surface area contributed by atoms with Gasteiger partial charge < -0.3 is 14.8 Å². The zero-order valence-electron chi connectivity index (χ0n) is 10.9. The number of pyridine rings is 1. The highest BCUT2D eigenvalue weighted by molar-refractivity contribution is 6.32. The van der Waals surface area contributed by atoms with Crippen LogP contribution in [0.5, 0.6) is 11.5 Å². The van der Waals surface area contributed by atoms with Gasteiger partial charge in [0.2, 0.25) is 12.7 Å². The maximum atomic E-state index is 11.8. The Morgan fingerprint density at radius 2 is 2.14 bits per heavy atom. The summed E-state index contributed by atoms with van der Waals surface area (Å²) in [5.74, 6) is 1.09. The summed E-state index contributed by atoms with van der Waals surface area (Å²) in [6.45, 7) is 0.225. The van der Waals surface area contributed by atoms with Gasteiger partial charge in [0.25, 0.3) is 0 Å². The molecule has 0 spiro atoms. The van der Waals surface area contributed by atoms with Gasteiger partial charge in [-0.05, 0) is 35.9 Å². The monoisotopic (exact) mass is 302 g/mol. The number of nitrogens with one attached hydrogen (secondary N) is 1. The molecule has 2 aromatic rings. The summed E-state index contributed by atoms with van der Waals surface area (Å²) < 4.78 is 10.5. The van der Waals surface area contributed by atoms with Crippen molar-refractivity contribution in [1.82, 2.24) is 4.98 Å². The van der Waals surface area contributed by atoms with Crippen LogP contribution >= 0.6 is 11.6 Å². The first-order chi connectivity index (χ1) is 10.2. The number of nitrogens with zero attached hydrogens (tertiary/aromatic N) is 1. The smallest absolute Gasteiger partial charge is 0.248 e. The van der Waals surface area contributed by atoms with Crippen molar-refractivity contribution in [2.24, 2.45) is 0 Å². The lowest BCUT2D eigenvalue weighted by Gasteiger charge is -2.03. The minimum Gasteiger partial charge on any atom is -0.454 e. The molecule has 0 fully saturated rings. The lowest BCUT2D eigenvalue weighted by atomic mass is 10.2. The van der Waals surface area contributed by atoms with E-state index in [-0.39, 0.29) is 17.9 Å². The van der Waals surface area contributed by atoms with Crippen molar-refractivity contribution in [3.63, 3.8) is 0 Å². The molecule has 0 unspecified atom stereocenters. The molecule has 0 radical (unpaired) electrons. The number of benzene rings is 1. The first-order valence-corrected chi connectivity index (χ1v) is 6.59. The van der Waals surface area contributed by atoms with Crippen molar-refractivity contribution in [3.8, 4) is 11.5 Å². The highest BCUT2D eigenvalue weighted by Gasteiger charge is 2.12. The van der Waals surface area contributed by atoms with Crippen molar-refractivity contribution in [2.75, 3.05) is 12.1 Å². The Morgan fingerprint density at radius 1 is 1.29 bits per heavy atom. The average Bonchev–Trinajstić information content (AvgIpc) is 2.95. The zero-order chi connectivity index (χ0) is 14.7. The van der Waals surface area contributed by atoms with Crippen LogP contribution in [0.25, 0.3) is 6.08 Å². The largest absolute Gasteiger partial charge is 0.454 e. The molecule has 1 aliphatic heterocycles. The number of hydrogen-bond acceptors (Lipinski definition) is 4. The van der Waals surface area contributed by atoms with Gasteiger partial charge in [0.1, 0.15) is 0 Å². The zero-order valence-corrected chi connectivity index (χ0v) is 11.6. The number of ether oxygens (including phenoxy) is 2. The quantitative estimate of drug-likeness (QED) is 0.699. The van der Waals surface area contributed by atoms with E-state index in [1.54, 1.807) is 30.5 Å². The fraction of sp³-hybridized carbons (Fsp3) is 0.0667. The Kier molecular flexibility index (Phi) is 3.75. The lowest BCUT2D eigenvalue weighted by molar-refractivity contribution is -0.111. The molecule has 1 aromatic carbocycles. The van der Waals surface area contributed by atoms with Crippen LogP contribution in [0.2, 0.25) is 5.15 Å². The van der Waals surface area contributed by atoms with Crippen molar-refractivity contribution in [1.29, 1.82) is 0 Å². The number of rotatable bonds is 3. The summed E-state index contributed by atoms with van der Waals surface area (Å²) in [5, 5.41) is 2.91. The SMILES string of the molecule is O=C(/C=C/c1ccc2c(c1)OCO2)Nc1cccnc1Cl. The molecule has 21 heavy (non-hydrogen) atoms. The summed E-state index contributed by atoms with van der Waals surface area (Å²) in [4.78, 5) is 15.7. The molecule has 1 amide bonds. The molecule has 0 saturated heterocycles. The predicted molar refractivity (Wildman–Crippen MR) is 79.5 cm³/mol. The first kappa shape index (κ1) is 13.5. The summed E-state index contributed by atoms with van der Waals surface area (Å²) in [7, 11) is 0. The first-order valence-electron chi connectivity index (χ1n) is 6.21. The van der Waals surface area contributed by atoms with E-state index < -0.39 is 0 Å². The molecule has 5 nitrogen and oxygen atoms in total. The number of amides is 1. The number of anilines is 1. The summed E-state index contributed by atoms with van der Waals surface area (Å²) in [6, 6.07) is 8.83. The number of carbonyl (C=O) groups excluding carboxylic acids is 1. The second-order valence-electron chi connectivity index (χ2n) is 4.28. The molecule has 0 saturated carbocycles. The molecule has 1 aromatic heterocycles. The lowest BCUT2D eigenvalue weighted by Crippen LogP contribution is -2.08. The van der Waals surface area contributed by atoms with E-state index in [0.29, 0.717) is 17.2 Å². The molecule has 3 rings (SSSR count). The Balaban J connectivity index is 1.68. The fourth-order valence-electron chi connectivity index (χ4n) is 1.84. The summed E-state index contributed by atoms with van der Waals surface area (Å²) >= 11 is 5.87. The van der Waals surface area contributed by atoms with Gasteiger partial charge >= 0.3 is 0 Å². The average molecular weight is 303 g/mol. The van der Waals surface area contributed by atoms with Gasteiger partial charge in [-0.3, -0.25) is 4.79 Å². The van der Waals surface area contributed by atoms with E-state index in [1.807, 2.05) is 12.1 Å². The maximum absolute atomic E-state index is 11.8. The van der Waals surface area contributed by atoms with E-state index in [0.717, 1.165) is 5.56 Å². The van der Waals surface area contributed by atoms with Crippen molar-refractivity contribution in [2.45, 2.75) is 0 Å². The van der Waals surface area contributed by atoms with E-state index >= 15 is 0 Å². The van der Waals surface area contributed by atoms with Crippen LogP contribution in [0.3, 0.4) is 0 Å². The highest BCUT2D eigenvalue weighted by Crippen LogP contribution is 2.32. The molecule has 0 atom stereocenters. The van der Waals surface area contributed by atoms with Crippen LogP contribution in [-0.4, -0.2) is 17.7 Å². The number of fused-ring (bicyclic) bond motifs is 1. The van der Waals surface area contributed by atoms with Gasteiger partial charge in [-0.2, -0.15) is 0 Å². The van der Waals surface area contributed by atoms with Crippen LogP contribution in [0, 0.1) is 0 Å². The van der Waals surface area contributed by atoms with E-state index in [2.05, 4.69) is 10.3 Å². The van der Waals surface area contributed by atoms with Gasteiger partial charge in [0.15, 0.2) is 16.7 Å². The van der Waals surface area contributed by atoms with Gasteiger partial charge in [-0.1, -0.05) is 17.7 Å². The fourth-order valence-corrected chi connectivity index (χ4v) is 2.01. The summed E-state index contributed by atoms with van der Waals surface area (Å²) in [6.07, 6.45) is 4.66. The molecule has 2 heterocycles. The van der Waals surface area contributed by atoms with Crippen molar-refractivity contribution in [3.05, 3.63) is 53.3 Å². The Bertz CT molecular complexity index is 716. The Morgan fingerprint density at radius 3 is 3.00 bits per heavy atom.